The quantitative estimate of drug-likeness (QED) is 0.766. The Bertz CT molecular complexity index is 811. The summed E-state index contributed by atoms with van der Waals surface area (Å²) in [6, 6.07) is 9.08. The Hall–Kier alpha value is -2.89. The molecule has 2 N–H and O–H groups in total. The summed E-state index contributed by atoms with van der Waals surface area (Å²) in [5.41, 5.74) is 1.98. The molecule has 0 unspecified atom stereocenters. The Kier molecular flexibility index (Phi) is 3.27. The van der Waals surface area contributed by atoms with E-state index in [9.17, 15) is 4.79 Å². The van der Waals surface area contributed by atoms with Crippen molar-refractivity contribution >= 4 is 17.1 Å². The maximum Gasteiger partial charge on any atom is 0.338 e. The minimum atomic E-state index is -1.00. The highest BCUT2D eigenvalue weighted by Gasteiger charge is 2.14. The summed E-state index contributed by atoms with van der Waals surface area (Å²) in [4.78, 5) is 22.7. The van der Waals surface area contributed by atoms with E-state index in [0.717, 1.165) is 11.3 Å². The number of carbonyl (C=O) groups is 1. The van der Waals surface area contributed by atoms with Crippen LogP contribution in [-0.2, 0) is 6.42 Å². The van der Waals surface area contributed by atoms with E-state index < -0.39 is 5.97 Å². The summed E-state index contributed by atoms with van der Waals surface area (Å²) in [6.45, 7) is 0. The number of rotatable bonds is 4. The standard InChI is InChI=1S/C15H13N3O3/c1-21-11-5-3-2-4-9(11)8-12-17-13-10(15(19)20)6-7-16-14(13)18-12/h2-7H,8H2,1H3,(H,19,20)(H,16,17,18). The van der Waals surface area contributed by atoms with Crippen LogP contribution in [0.15, 0.2) is 36.5 Å². The lowest BCUT2D eigenvalue weighted by Crippen LogP contribution is -1.98. The number of fused-ring (bicyclic) bond motifs is 1. The molecular weight excluding hydrogens is 270 g/mol. The van der Waals surface area contributed by atoms with Crippen LogP contribution in [0.5, 0.6) is 5.75 Å². The van der Waals surface area contributed by atoms with E-state index in [2.05, 4.69) is 15.0 Å². The SMILES string of the molecule is COc1ccccc1Cc1nc2nccc(C(=O)O)c2[nH]1. The zero-order valence-corrected chi connectivity index (χ0v) is 11.3. The van der Waals surface area contributed by atoms with Gasteiger partial charge >= 0.3 is 5.97 Å². The van der Waals surface area contributed by atoms with Crippen LogP contribution < -0.4 is 4.74 Å². The highest BCUT2D eigenvalue weighted by atomic mass is 16.5. The Balaban J connectivity index is 2.02. The van der Waals surface area contributed by atoms with Crippen molar-refractivity contribution in [2.24, 2.45) is 0 Å². The van der Waals surface area contributed by atoms with Gasteiger partial charge in [0.25, 0.3) is 0 Å². The van der Waals surface area contributed by atoms with Crippen LogP contribution >= 0.6 is 0 Å². The van der Waals surface area contributed by atoms with Gasteiger partial charge in [-0.15, -0.1) is 0 Å². The molecule has 6 nitrogen and oxygen atoms in total. The summed E-state index contributed by atoms with van der Waals surface area (Å²) in [7, 11) is 1.61. The van der Waals surface area contributed by atoms with E-state index in [0.29, 0.717) is 23.4 Å². The first-order chi connectivity index (χ1) is 10.2. The van der Waals surface area contributed by atoms with Crippen molar-refractivity contribution in [2.75, 3.05) is 7.11 Å². The maximum atomic E-state index is 11.2. The number of para-hydroxylation sites is 1. The summed E-state index contributed by atoms with van der Waals surface area (Å²) in [6.07, 6.45) is 1.96. The number of ether oxygens (including phenoxy) is 1. The number of nitrogens with zero attached hydrogens (tertiary/aromatic N) is 2. The van der Waals surface area contributed by atoms with E-state index in [4.69, 9.17) is 9.84 Å². The van der Waals surface area contributed by atoms with Gasteiger partial charge in [-0.25, -0.2) is 14.8 Å². The summed E-state index contributed by atoms with van der Waals surface area (Å²) < 4.78 is 5.30. The number of carboxylic acids is 1. The normalized spacial score (nSPS) is 10.7. The molecule has 0 saturated heterocycles. The largest absolute Gasteiger partial charge is 0.496 e. The van der Waals surface area contributed by atoms with Gasteiger partial charge in [-0.2, -0.15) is 0 Å². The van der Waals surface area contributed by atoms with Gasteiger partial charge < -0.3 is 14.8 Å². The minimum absolute atomic E-state index is 0.166. The molecule has 0 atom stereocenters. The van der Waals surface area contributed by atoms with Crippen molar-refractivity contribution in [1.29, 1.82) is 0 Å². The van der Waals surface area contributed by atoms with Gasteiger partial charge in [0.15, 0.2) is 5.65 Å². The number of benzene rings is 1. The molecule has 0 saturated carbocycles. The van der Waals surface area contributed by atoms with E-state index in [-0.39, 0.29) is 5.56 Å². The molecule has 2 heterocycles. The van der Waals surface area contributed by atoms with Crippen molar-refractivity contribution in [3.8, 4) is 5.75 Å². The topological polar surface area (TPSA) is 88.1 Å². The second-order valence-electron chi connectivity index (χ2n) is 4.53. The van der Waals surface area contributed by atoms with Crippen molar-refractivity contribution in [1.82, 2.24) is 15.0 Å². The number of aromatic nitrogens is 3. The van der Waals surface area contributed by atoms with Crippen LogP contribution in [0.25, 0.3) is 11.2 Å². The van der Waals surface area contributed by atoms with Gasteiger partial charge in [-0.1, -0.05) is 18.2 Å². The van der Waals surface area contributed by atoms with Crippen LogP contribution in [-0.4, -0.2) is 33.1 Å². The molecule has 3 rings (SSSR count). The third-order valence-corrected chi connectivity index (χ3v) is 3.22. The molecule has 3 aromatic rings. The van der Waals surface area contributed by atoms with Gasteiger partial charge in [0.05, 0.1) is 18.2 Å². The average Bonchev–Trinajstić information content (AvgIpc) is 2.89. The first kappa shape index (κ1) is 13.1. The third-order valence-electron chi connectivity index (χ3n) is 3.22. The van der Waals surface area contributed by atoms with Gasteiger partial charge in [-0.05, 0) is 12.1 Å². The van der Waals surface area contributed by atoms with Crippen LogP contribution in [0, 0.1) is 0 Å². The van der Waals surface area contributed by atoms with E-state index in [1.54, 1.807) is 7.11 Å². The lowest BCUT2D eigenvalue weighted by molar-refractivity contribution is 0.0698. The van der Waals surface area contributed by atoms with Crippen LogP contribution in [0.1, 0.15) is 21.7 Å². The fourth-order valence-corrected chi connectivity index (χ4v) is 2.25. The second-order valence-corrected chi connectivity index (χ2v) is 4.53. The fraction of sp³-hybridized carbons (Fsp3) is 0.133. The minimum Gasteiger partial charge on any atom is -0.496 e. The predicted octanol–water partition coefficient (Wildman–Crippen LogP) is 2.26. The number of nitrogens with one attached hydrogen (secondary N) is 1. The van der Waals surface area contributed by atoms with Crippen molar-refractivity contribution in [3.63, 3.8) is 0 Å². The van der Waals surface area contributed by atoms with E-state index >= 15 is 0 Å². The number of hydrogen-bond acceptors (Lipinski definition) is 4. The van der Waals surface area contributed by atoms with Crippen LogP contribution in [0.4, 0.5) is 0 Å². The van der Waals surface area contributed by atoms with Crippen molar-refractivity contribution in [2.45, 2.75) is 6.42 Å². The van der Waals surface area contributed by atoms with Crippen LogP contribution in [0.3, 0.4) is 0 Å². The zero-order chi connectivity index (χ0) is 14.8. The molecule has 6 heteroatoms. The average molecular weight is 283 g/mol. The van der Waals surface area contributed by atoms with Gasteiger partial charge in [0.2, 0.25) is 0 Å². The molecule has 106 valence electrons. The number of imidazole rings is 1. The fourth-order valence-electron chi connectivity index (χ4n) is 2.25. The molecule has 2 aromatic heterocycles. The molecule has 0 radical (unpaired) electrons. The summed E-state index contributed by atoms with van der Waals surface area (Å²) in [5.74, 6) is 0.412. The Morgan fingerprint density at radius 3 is 2.90 bits per heavy atom. The molecule has 0 aliphatic rings. The van der Waals surface area contributed by atoms with Crippen molar-refractivity contribution < 1.29 is 14.6 Å². The van der Waals surface area contributed by atoms with Crippen LogP contribution in [0.2, 0.25) is 0 Å². The Labute approximate surface area is 120 Å². The molecule has 0 bridgehead atoms. The van der Waals surface area contributed by atoms with Gasteiger partial charge in [0.1, 0.15) is 11.6 Å². The van der Waals surface area contributed by atoms with Crippen molar-refractivity contribution in [3.05, 3.63) is 53.5 Å². The molecule has 21 heavy (non-hydrogen) atoms. The number of hydrogen-bond donors (Lipinski definition) is 2. The summed E-state index contributed by atoms with van der Waals surface area (Å²) in [5, 5.41) is 9.17. The summed E-state index contributed by atoms with van der Waals surface area (Å²) >= 11 is 0. The molecule has 0 aliphatic heterocycles. The smallest absolute Gasteiger partial charge is 0.338 e. The van der Waals surface area contributed by atoms with Gasteiger partial charge in [-0.3, -0.25) is 0 Å². The Morgan fingerprint density at radius 1 is 1.33 bits per heavy atom. The lowest BCUT2D eigenvalue weighted by Gasteiger charge is -2.05. The lowest BCUT2D eigenvalue weighted by atomic mass is 10.1. The highest BCUT2D eigenvalue weighted by molar-refractivity contribution is 5.99. The van der Waals surface area contributed by atoms with E-state index in [1.807, 2.05) is 24.3 Å². The maximum absolute atomic E-state index is 11.2. The first-order valence-electron chi connectivity index (χ1n) is 6.38. The highest BCUT2D eigenvalue weighted by Crippen LogP contribution is 2.21. The molecule has 0 aliphatic carbocycles. The molecule has 1 aromatic carbocycles. The first-order valence-corrected chi connectivity index (χ1v) is 6.38. The molecule has 0 fully saturated rings. The number of methoxy groups -OCH3 is 1. The zero-order valence-electron chi connectivity index (χ0n) is 11.3. The number of aromatic carboxylic acids is 1. The molecule has 0 spiro atoms. The monoisotopic (exact) mass is 283 g/mol. The Morgan fingerprint density at radius 2 is 2.14 bits per heavy atom. The van der Waals surface area contributed by atoms with Gasteiger partial charge in [0, 0.05) is 18.2 Å². The molecular formula is C15H13N3O3. The predicted molar refractivity (Wildman–Crippen MR) is 76.6 cm³/mol. The number of aromatic amines is 1. The number of pyridine rings is 1. The molecule has 0 amide bonds. The number of H-pyrrole nitrogens is 1. The number of carboxylic acid groups (broad SMARTS) is 1. The van der Waals surface area contributed by atoms with E-state index in [1.165, 1.54) is 12.3 Å². The third kappa shape index (κ3) is 2.43. The second kappa shape index (κ2) is 5.24.